The number of alkyl halides is 2. The molecule has 2 unspecified atom stereocenters. The Morgan fingerprint density at radius 1 is 1.10 bits per heavy atom. The van der Waals surface area contributed by atoms with E-state index in [-0.39, 0.29) is 5.92 Å². The highest BCUT2D eigenvalue weighted by Crippen LogP contribution is 2.35. The molecule has 0 saturated heterocycles. The van der Waals surface area contributed by atoms with Crippen LogP contribution in [0.4, 0.5) is 8.78 Å². The van der Waals surface area contributed by atoms with E-state index in [1.54, 1.807) is 0 Å². The van der Waals surface area contributed by atoms with Crippen molar-refractivity contribution >= 4 is 0 Å². The van der Waals surface area contributed by atoms with Crippen molar-refractivity contribution in [1.82, 2.24) is 0 Å². The van der Waals surface area contributed by atoms with Gasteiger partial charge in [-0.3, -0.25) is 0 Å². The highest BCUT2D eigenvalue weighted by molar-refractivity contribution is 4.84. The van der Waals surface area contributed by atoms with Crippen LogP contribution in [0.25, 0.3) is 0 Å². The second kappa shape index (κ2) is 2.85. The van der Waals surface area contributed by atoms with Gasteiger partial charge in [-0.05, 0) is 24.7 Å². The molecule has 0 aromatic rings. The second-order valence-corrected chi connectivity index (χ2v) is 3.51. The summed E-state index contributed by atoms with van der Waals surface area (Å²) in [5.74, 6) is 0.698. The Morgan fingerprint density at radius 2 is 1.50 bits per heavy atom. The van der Waals surface area contributed by atoms with E-state index in [0.717, 1.165) is 0 Å². The molecule has 1 saturated carbocycles. The third-order valence-corrected chi connectivity index (χ3v) is 2.39. The van der Waals surface area contributed by atoms with Crippen LogP contribution in [0.3, 0.4) is 0 Å². The van der Waals surface area contributed by atoms with Crippen LogP contribution in [0.1, 0.15) is 26.7 Å². The van der Waals surface area contributed by atoms with E-state index < -0.39 is 12.3 Å². The number of halogens is 2. The molecule has 0 spiro atoms. The molecule has 0 bridgehead atoms. The summed E-state index contributed by atoms with van der Waals surface area (Å²) in [5.41, 5.74) is 0. The van der Waals surface area contributed by atoms with Crippen molar-refractivity contribution in [2.75, 3.05) is 0 Å². The molecule has 1 aliphatic rings. The summed E-state index contributed by atoms with van der Waals surface area (Å²) in [6.45, 7) is 4.05. The summed E-state index contributed by atoms with van der Waals surface area (Å²) in [6.07, 6.45) is -1.52. The third kappa shape index (κ3) is 1.47. The van der Waals surface area contributed by atoms with Crippen LogP contribution in [0.2, 0.25) is 0 Å². The van der Waals surface area contributed by atoms with Crippen molar-refractivity contribution in [1.29, 1.82) is 0 Å². The molecule has 1 fully saturated rings. The van der Waals surface area contributed by atoms with E-state index in [2.05, 4.69) is 0 Å². The van der Waals surface area contributed by atoms with Gasteiger partial charge in [0.15, 0.2) is 0 Å². The molecule has 0 N–H and O–H groups in total. The molecular weight excluding hydrogens is 134 g/mol. The second-order valence-electron chi connectivity index (χ2n) is 3.51. The highest BCUT2D eigenvalue weighted by atomic mass is 19.2. The predicted octanol–water partition coefficient (Wildman–Crippen LogP) is 2.73. The van der Waals surface area contributed by atoms with Crippen molar-refractivity contribution < 1.29 is 8.78 Å². The largest absolute Gasteiger partial charge is 0.244 e. The first-order chi connectivity index (χ1) is 4.61. The number of rotatable bonds is 1. The molecule has 0 amide bonds. The summed E-state index contributed by atoms with van der Waals surface area (Å²) in [4.78, 5) is 0. The monoisotopic (exact) mass is 148 g/mol. The molecule has 0 radical (unpaired) electrons. The molecule has 0 aromatic carbocycles. The van der Waals surface area contributed by atoms with Crippen molar-refractivity contribution in [3.63, 3.8) is 0 Å². The van der Waals surface area contributed by atoms with Crippen molar-refractivity contribution in [3.8, 4) is 0 Å². The van der Waals surface area contributed by atoms with Crippen LogP contribution in [0.5, 0.6) is 0 Å². The van der Waals surface area contributed by atoms with E-state index in [1.165, 1.54) is 0 Å². The lowest BCUT2D eigenvalue weighted by Crippen LogP contribution is -2.06. The lowest BCUT2D eigenvalue weighted by Gasteiger charge is -2.11. The maximum atomic E-state index is 12.6. The average molecular weight is 148 g/mol. The van der Waals surface area contributed by atoms with Gasteiger partial charge in [-0.25, -0.2) is 8.78 Å². The quantitative estimate of drug-likeness (QED) is 0.536. The van der Waals surface area contributed by atoms with Crippen LogP contribution in [-0.2, 0) is 0 Å². The molecule has 1 rings (SSSR count). The van der Waals surface area contributed by atoms with Crippen molar-refractivity contribution in [3.05, 3.63) is 0 Å². The molecule has 0 aromatic heterocycles. The lowest BCUT2D eigenvalue weighted by atomic mass is 9.95. The minimum Gasteiger partial charge on any atom is -0.244 e. The number of hydrogen-bond donors (Lipinski definition) is 0. The van der Waals surface area contributed by atoms with E-state index in [4.69, 9.17) is 0 Å². The first-order valence-electron chi connectivity index (χ1n) is 3.89. The molecule has 1 aliphatic carbocycles. The van der Waals surface area contributed by atoms with Crippen molar-refractivity contribution in [2.45, 2.75) is 39.0 Å². The molecule has 60 valence electrons. The Labute approximate surface area is 60.6 Å². The van der Waals surface area contributed by atoms with Crippen LogP contribution >= 0.6 is 0 Å². The normalized spacial score (nSPS) is 41.1. The topological polar surface area (TPSA) is 0 Å². The molecule has 10 heavy (non-hydrogen) atoms. The van der Waals surface area contributed by atoms with E-state index in [0.29, 0.717) is 18.8 Å². The van der Waals surface area contributed by atoms with Gasteiger partial charge in [-0.2, -0.15) is 0 Å². The Morgan fingerprint density at radius 3 is 1.70 bits per heavy atom. The summed E-state index contributed by atoms with van der Waals surface area (Å²) in [6, 6.07) is 0. The number of hydrogen-bond acceptors (Lipinski definition) is 0. The van der Waals surface area contributed by atoms with Gasteiger partial charge in [0.2, 0.25) is 0 Å². The summed E-state index contributed by atoms with van der Waals surface area (Å²) in [7, 11) is 0. The lowest BCUT2D eigenvalue weighted by molar-refractivity contribution is 0.199. The summed E-state index contributed by atoms with van der Waals surface area (Å²) in [5, 5.41) is 0. The minimum absolute atomic E-state index is 0.269. The Kier molecular flexibility index (Phi) is 2.27. The van der Waals surface area contributed by atoms with Crippen LogP contribution < -0.4 is 0 Å². The van der Waals surface area contributed by atoms with Gasteiger partial charge in [0.05, 0.1) is 0 Å². The summed E-state index contributed by atoms with van der Waals surface area (Å²) < 4.78 is 25.1. The standard InChI is InChI=1S/C8H14F2/c1-5(2)6-3-7(9)8(10)4-6/h5-8H,3-4H2,1-2H3. The van der Waals surface area contributed by atoms with Crippen LogP contribution in [0, 0.1) is 11.8 Å². The Balaban J connectivity index is 2.41. The van der Waals surface area contributed by atoms with Gasteiger partial charge < -0.3 is 0 Å². The third-order valence-electron chi connectivity index (χ3n) is 2.39. The van der Waals surface area contributed by atoms with Gasteiger partial charge in [-0.15, -0.1) is 0 Å². The van der Waals surface area contributed by atoms with Gasteiger partial charge in [0.1, 0.15) is 12.3 Å². The SMILES string of the molecule is CC(C)C1CC(F)C(F)C1. The Hall–Kier alpha value is -0.140. The van der Waals surface area contributed by atoms with Crippen LogP contribution in [0.15, 0.2) is 0 Å². The predicted molar refractivity (Wildman–Crippen MR) is 37.4 cm³/mol. The molecule has 0 nitrogen and oxygen atoms in total. The van der Waals surface area contributed by atoms with E-state index in [1.807, 2.05) is 13.8 Å². The Bertz CT molecular complexity index is 102. The fraction of sp³-hybridized carbons (Fsp3) is 1.00. The van der Waals surface area contributed by atoms with Gasteiger partial charge in [0, 0.05) is 0 Å². The molecular formula is C8H14F2. The fourth-order valence-corrected chi connectivity index (χ4v) is 1.51. The molecule has 0 heterocycles. The fourth-order valence-electron chi connectivity index (χ4n) is 1.51. The van der Waals surface area contributed by atoms with Crippen LogP contribution in [-0.4, -0.2) is 12.3 Å². The average Bonchev–Trinajstić information content (AvgIpc) is 2.13. The first-order valence-corrected chi connectivity index (χ1v) is 3.89. The van der Waals surface area contributed by atoms with Crippen molar-refractivity contribution in [2.24, 2.45) is 11.8 Å². The zero-order valence-corrected chi connectivity index (χ0v) is 6.48. The maximum absolute atomic E-state index is 12.6. The maximum Gasteiger partial charge on any atom is 0.131 e. The molecule has 2 heteroatoms. The van der Waals surface area contributed by atoms with Gasteiger partial charge in [-0.1, -0.05) is 13.8 Å². The minimum atomic E-state index is -1.19. The van der Waals surface area contributed by atoms with Gasteiger partial charge in [0.25, 0.3) is 0 Å². The first kappa shape index (κ1) is 7.96. The molecule has 2 atom stereocenters. The van der Waals surface area contributed by atoms with E-state index >= 15 is 0 Å². The summed E-state index contributed by atoms with van der Waals surface area (Å²) >= 11 is 0. The van der Waals surface area contributed by atoms with Gasteiger partial charge >= 0.3 is 0 Å². The molecule has 0 aliphatic heterocycles. The van der Waals surface area contributed by atoms with E-state index in [9.17, 15) is 8.78 Å². The highest BCUT2D eigenvalue weighted by Gasteiger charge is 2.35. The smallest absolute Gasteiger partial charge is 0.131 e. The zero-order chi connectivity index (χ0) is 7.72. The zero-order valence-electron chi connectivity index (χ0n) is 6.48.